The van der Waals surface area contributed by atoms with Gasteiger partial charge >= 0.3 is 0 Å². The molecule has 0 aromatic heterocycles. The number of rotatable bonds is 5. The minimum atomic E-state index is -0.438. The Morgan fingerprint density at radius 3 is 3.00 bits per heavy atom. The first-order valence-electron chi connectivity index (χ1n) is 7.82. The zero-order chi connectivity index (χ0) is 14.5. The third-order valence-corrected chi connectivity index (χ3v) is 4.08. The van der Waals surface area contributed by atoms with Gasteiger partial charge in [0.1, 0.15) is 5.75 Å². The average Bonchev–Trinajstić information content (AvgIpc) is 3.04. The molecule has 114 valence electrons. The summed E-state index contributed by atoms with van der Waals surface area (Å²) >= 11 is 0. The van der Waals surface area contributed by atoms with Crippen LogP contribution in [0.15, 0.2) is 24.3 Å². The van der Waals surface area contributed by atoms with Crippen molar-refractivity contribution in [1.29, 1.82) is 0 Å². The van der Waals surface area contributed by atoms with Crippen LogP contribution in [0.4, 0.5) is 5.69 Å². The molecule has 0 aliphatic carbocycles. The normalized spacial score (nSPS) is 21.2. The van der Waals surface area contributed by atoms with Gasteiger partial charge in [-0.2, -0.15) is 0 Å². The van der Waals surface area contributed by atoms with E-state index in [2.05, 4.69) is 15.5 Å². The first-order valence-corrected chi connectivity index (χ1v) is 7.82. The maximum absolute atomic E-state index is 12.1. The summed E-state index contributed by atoms with van der Waals surface area (Å²) in [6, 6.07) is 7.71. The molecule has 1 saturated heterocycles. The van der Waals surface area contributed by atoms with Crippen molar-refractivity contribution in [2.75, 3.05) is 38.0 Å². The van der Waals surface area contributed by atoms with E-state index < -0.39 is 6.10 Å². The molecule has 0 saturated carbocycles. The lowest BCUT2D eigenvalue weighted by atomic mass is 10.2. The number of nitrogens with one attached hydrogen (secondary N) is 2. The molecule has 0 bridgehead atoms. The molecule has 21 heavy (non-hydrogen) atoms. The molecular formula is C16H23N3O2. The van der Waals surface area contributed by atoms with Crippen molar-refractivity contribution in [1.82, 2.24) is 10.2 Å². The number of anilines is 1. The van der Waals surface area contributed by atoms with E-state index in [1.807, 2.05) is 24.3 Å². The maximum atomic E-state index is 12.1. The predicted octanol–water partition coefficient (Wildman–Crippen LogP) is 1.46. The summed E-state index contributed by atoms with van der Waals surface area (Å²) in [5.41, 5.74) is 0.954. The summed E-state index contributed by atoms with van der Waals surface area (Å²) in [4.78, 5) is 14.6. The minimum Gasteiger partial charge on any atom is -0.477 e. The lowest BCUT2D eigenvalue weighted by Gasteiger charge is -2.26. The van der Waals surface area contributed by atoms with Gasteiger partial charge in [-0.1, -0.05) is 12.1 Å². The van der Waals surface area contributed by atoms with Crippen LogP contribution in [0.2, 0.25) is 0 Å². The molecule has 5 heteroatoms. The SMILES string of the molecule is O=C(NCCCN1CCCC1)C1CNc2ccccc2O1. The maximum Gasteiger partial charge on any atom is 0.262 e. The molecule has 2 heterocycles. The van der Waals surface area contributed by atoms with Gasteiger partial charge in [-0.3, -0.25) is 4.79 Å². The summed E-state index contributed by atoms with van der Waals surface area (Å²) < 4.78 is 5.74. The van der Waals surface area contributed by atoms with E-state index in [-0.39, 0.29) is 5.91 Å². The largest absolute Gasteiger partial charge is 0.477 e. The van der Waals surface area contributed by atoms with Crippen molar-refractivity contribution < 1.29 is 9.53 Å². The highest BCUT2D eigenvalue weighted by Crippen LogP contribution is 2.28. The summed E-state index contributed by atoms with van der Waals surface area (Å²) in [6.45, 7) is 4.74. The fourth-order valence-electron chi connectivity index (χ4n) is 2.89. The fourth-order valence-corrected chi connectivity index (χ4v) is 2.89. The van der Waals surface area contributed by atoms with Crippen LogP contribution >= 0.6 is 0 Å². The molecule has 2 aliphatic rings. The van der Waals surface area contributed by atoms with Crippen LogP contribution in [0.3, 0.4) is 0 Å². The number of carbonyl (C=O) groups excluding carboxylic acids is 1. The highest BCUT2D eigenvalue weighted by atomic mass is 16.5. The number of ether oxygens (including phenoxy) is 1. The van der Waals surface area contributed by atoms with E-state index in [1.54, 1.807) is 0 Å². The van der Waals surface area contributed by atoms with Gasteiger partial charge in [0, 0.05) is 6.54 Å². The lowest BCUT2D eigenvalue weighted by Crippen LogP contribution is -2.45. The first-order chi connectivity index (χ1) is 10.3. The number of fused-ring (bicyclic) bond motifs is 1. The van der Waals surface area contributed by atoms with Crippen LogP contribution in [0, 0.1) is 0 Å². The van der Waals surface area contributed by atoms with Crippen LogP contribution < -0.4 is 15.4 Å². The fraction of sp³-hybridized carbons (Fsp3) is 0.562. The first kappa shape index (κ1) is 14.2. The van der Waals surface area contributed by atoms with E-state index in [0.29, 0.717) is 6.54 Å². The molecular weight excluding hydrogens is 266 g/mol. The number of para-hydroxylation sites is 2. The molecule has 0 radical (unpaired) electrons. The van der Waals surface area contributed by atoms with Crippen molar-refractivity contribution in [2.24, 2.45) is 0 Å². The number of carbonyl (C=O) groups is 1. The number of hydrogen-bond donors (Lipinski definition) is 2. The Balaban J connectivity index is 1.40. The van der Waals surface area contributed by atoms with Gasteiger partial charge in [0.2, 0.25) is 0 Å². The number of nitrogens with zero attached hydrogens (tertiary/aromatic N) is 1. The number of likely N-dealkylation sites (tertiary alicyclic amines) is 1. The van der Waals surface area contributed by atoms with Crippen molar-refractivity contribution >= 4 is 11.6 Å². The highest BCUT2D eigenvalue weighted by Gasteiger charge is 2.25. The Kier molecular flexibility index (Phi) is 4.60. The number of amides is 1. The van der Waals surface area contributed by atoms with E-state index in [4.69, 9.17) is 4.74 Å². The molecule has 2 N–H and O–H groups in total. The molecule has 3 rings (SSSR count). The Bertz CT molecular complexity index is 486. The van der Waals surface area contributed by atoms with Crippen LogP contribution in [0.5, 0.6) is 5.75 Å². The van der Waals surface area contributed by atoms with Gasteiger partial charge in [-0.05, 0) is 51.0 Å². The van der Waals surface area contributed by atoms with Crippen LogP contribution in [-0.2, 0) is 4.79 Å². The predicted molar refractivity (Wildman–Crippen MR) is 82.6 cm³/mol. The third-order valence-electron chi connectivity index (χ3n) is 4.08. The Morgan fingerprint density at radius 1 is 1.33 bits per heavy atom. The molecule has 1 aromatic rings. The zero-order valence-corrected chi connectivity index (χ0v) is 12.3. The summed E-state index contributed by atoms with van der Waals surface area (Å²) in [5.74, 6) is 0.722. The standard InChI is InChI=1S/C16H23N3O2/c20-16(17-8-5-11-19-9-3-4-10-19)15-12-18-13-6-1-2-7-14(13)21-15/h1-2,6-7,15,18H,3-5,8-12H2,(H,17,20). The molecule has 1 fully saturated rings. The Labute approximate surface area is 125 Å². The van der Waals surface area contributed by atoms with Gasteiger partial charge in [-0.15, -0.1) is 0 Å². The van der Waals surface area contributed by atoms with Crippen molar-refractivity contribution in [3.8, 4) is 5.75 Å². The summed E-state index contributed by atoms with van der Waals surface area (Å²) in [7, 11) is 0. The quantitative estimate of drug-likeness (QED) is 0.806. The molecule has 1 unspecified atom stereocenters. The molecule has 1 aromatic carbocycles. The Morgan fingerprint density at radius 2 is 2.14 bits per heavy atom. The van der Waals surface area contributed by atoms with Gasteiger partial charge in [0.25, 0.3) is 5.91 Å². The highest BCUT2D eigenvalue weighted by molar-refractivity contribution is 5.83. The second kappa shape index (κ2) is 6.80. The van der Waals surface area contributed by atoms with Crippen molar-refractivity contribution in [2.45, 2.75) is 25.4 Å². The molecule has 0 spiro atoms. The third kappa shape index (κ3) is 3.67. The van der Waals surface area contributed by atoms with E-state index in [1.165, 1.54) is 25.9 Å². The van der Waals surface area contributed by atoms with Crippen LogP contribution in [-0.4, -0.2) is 49.6 Å². The summed E-state index contributed by atoms with van der Waals surface area (Å²) in [6.07, 6.45) is 3.19. The van der Waals surface area contributed by atoms with Crippen molar-refractivity contribution in [3.63, 3.8) is 0 Å². The van der Waals surface area contributed by atoms with Crippen LogP contribution in [0.25, 0.3) is 0 Å². The minimum absolute atomic E-state index is 0.0292. The van der Waals surface area contributed by atoms with E-state index in [9.17, 15) is 4.79 Å². The van der Waals surface area contributed by atoms with Crippen molar-refractivity contribution in [3.05, 3.63) is 24.3 Å². The topological polar surface area (TPSA) is 53.6 Å². The second-order valence-electron chi connectivity index (χ2n) is 5.68. The number of benzene rings is 1. The molecule has 5 nitrogen and oxygen atoms in total. The number of hydrogen-bond acceptors (Lipinski definition) is 4. The van der Waals surface area contributed by atoms with E-state index >= 15 is 0 Å². The van der Waals surface area contributed by atoms with Crippen LogP contribution in [0.1, 0.15) is 19.3 Å². The monoisotopic (exact) mass is 289 g/mol. The van der Waals surface area contributed by atoms with Gasteiger partial charge in [0.05, 0.1) is 12.2 Å². The molecule has 1 atom stereocenters. The van der Waals surface area contributed by atoms with E-state index in [0.717, 1.165) is 30.9 Å². The zero-order valence-electron chi connectivity index (χ0n) is 12.3. The lowest BCUT2D eigenvalue weighted by molar-refractivity contribution is -0.127. The average molecular weight is 289 g/mol. The second-order valence-corrected chi connectivity index (χ2v) is 5.68. The Hall–Kier alpha value is -1.75. The smallest absolute Gasteiger partial charge is 0.262 e. The molecule has 2 aliphatic heterocycles. The van der Waals surface area contributed by atoms with Gasteiger partial charge in [0.15, 0.2) is 6.10 Å². The summed E-state index contributed by atoms with van der Waals surface area (Å²) in [5, 5.41) is 6.21. The molecule has 1 amide bonds. The van der Waals surface area contributed by atoms with Gasteiger partial charge in [-0.25, -0.2) is 0 Å². The van der Waals surface area contributed by atoms with Gasteiger partial charge < -0.3 is 20.3 Å².